The summed E-state index contributed by atoms with van der Waals surface area (Å²) in [5, 5.41) is 10.7. The van der Waals surface area contributed by atoms with Crippen LogP contribution < -0.4 is 11.1 Å². The minimum absolute atomic E-state index is 0.317. The number of carbonyl (C=O) groups is 1. The molecular formula is C15H21ClN6OS. The number of nitrogens with two attached hydrogens (primary N) is 1. The summed E-state index contributed by atoms with van der Waals surface area (Å²) in [6, 6.07) is 3.52. The number of hydrogen-bond donors (Lipinski definition) is 2. The van der Waals surface area contributed by atoms with E-state index < -0.39 is 6.03 Å². The Hall–Kier alpha value is -1.64. The predicted molar refractivity (Wildman–Crippen MR) is 93.8 cm³/mol. The Kier molecular flexibility index (Phi) is 5.70. The molecule has 1 aliphatic heterocycles. The molecule has 3 rings (SSSR count). The first-order chi connectivity index (χ1) is 11.6. The zero-order valence-corrected chi connectivity index (χ0v) is 14.9. The van der Waals surface area contributed by atoms with Crippen LogP contribution in [0.4, 0.5) is 4.79 Å². The van der Waals surface area contributed by atoms with Crippen molar-refractivity contribution in [3.8, 4) is 0 Å². The van der Waals surface area contributed by atoms with E-state index in [0.717, 1.165) is 49.1 Å². The Morgan fingerprint density at radius 2 is 2.21 bits per heavy atom. The first-order valence-corrected chi connectivity index (χ1v) is 9.17. The molecule has 0 saturated carbocycles. The smallest absolute Gasteiger partial charge is 0.312 e. The van der Waals surface area contributed by atoms with Gasteiger partial charge in [-0.15, -0.1) is 16.4 Å². The highest BCUT2D eigenvalue weighted by molar-refractivity contribution is 7.16. The number of carbonyl (C=O) groups excluding carboxylic acids is 1. The molecule has 1 fully saturated rings. The molecule has 2 aromatic heterocycles. The van der Waals surface area contributed by atoms with Crippen molar-refractivity contribution in [2.75, 3.05) is 13.1 Å². The molecule has 3 heterocycles. The van der Waals surface area contributed by atoms with Crippen LogP contribution in [0, 0.1) is 5.92 Å². The molecule has 1 aliphatic rings. The number of rotatable bonds is 6. The molecule has 24 heavy (non-hydrogen) atoms. The molecule has 0 aromatic carbocycles. The lowest BCUT2D eigenvalue weighted by Crippen LogP contribution is -2.34. The molecule has 9 heteroatoms. The van der Waals surface area contributed by atoms with Gasteiger partial charge in [0, 0.05) is 18.0 Å². The maximum atomic E-state index is 10.7. The number of aromatic nitrogens is 3. The predicted octanol–water partition coefficient (Wildman–Crippen LogP) is 2.07. The Labute approximate surface area is 149 Å². The van der Waals surface area contributed by atoms with Gasteiger partial charge in [0.1, 0.15) is 5.69 Å². The van der Waals surface area contributed by atoms with Gasteiger partial charge in [0.2, 0.25) is 0 Å². The highest BCUT2D eigenvalue weighted by Gasteiger charge is 2.20. The number of likely N-dealkylation sites (tertiary alicyclic amines) is 1. The van der Waals surface area contributed by atoms with Crippen LogP contribution in [0.2, 0.25) is 4.34 Å². The lowest BCUT2D eigenvalue weighted by Gasteiger charge is -2.31. The zero-order valence-electron chi connectivity index (χ0n) is 13.3. The topological polar surface area (TPSA) is 89.1 Å². The van der Waals surface area contributed by atoms with E-state index in [1.807, 2.05) is 16.9 Å². The van der Waals surface area contributed by atoms with E-state index in [-0.39, 0.29) is 0 Å². The van der Waals surface area contributed by atoms with Crippen molar-refractivity contribution >= 4 is 29.0 Å². The molecule has 1 saturated heterocycles. The van der Waals surface area contributed by atoms with Crippen LogP contribution in [-0.2, 0) is 19.6 Å². The highest BCUT2D eigenvalue weighted by atomic mass is 35.5. The molecular weight excluding hydrogens is 348 g/mol. The second kappa shape index (κ2) is 7.96. The number of urea groups is 1. The number of hydrogen-bond acceptors (Lipinski definition) is 5. The Bertz CT molecular complexity index is 679. The molecule has 0 bridgehead atoms. The number of piperidine rings is 1. The summed E-state index contributed by atoms with van der Waals surface area (Å²) < 4.78 is 2.71. The average Bonchev–Trinajstić information content (AvgIpc) is 3.16. The van der Waals surface area contributed by atoms with E-state index >= 15 is 0 Å². The van der Waals surface area contributed by atoms with Gasteiger partial charge in [0.25, 0.3) is 0 Å². The molecule has 2 aromatic rings. The van der Waals surface area contributed by atoms with Crippen molar-refractivity contribution in [3.05, 3.63) is 33.2 Å². The average molecular weight is 369 g/mol. The summed E-state index contributed by atoms with van der Waals surface area (Å²) in [4.78, 5) is 14.5. The minimum atomic E-state index is -0.552. The van der Waals surface area contributed by atoms with E-state index in [9.17, 15) is 4.79 Å². The van der Waals surface area contributed by atoms with Gasteiger partial charge < -0.3 is 11.1 Å². The standard InChI is InChI=1S/C15H21ClN6OS/c16-14-2-1-13(24-14)10-21-5-3-11(4-6-21)8-22-9-12(19-20-22)7-18-15(17)23/h1-2,9,11H,3-8,10H2,(H3,17,18,23). The number of amides is 2. The SMILES string of the molecule is NC(=O)NCc1cn(CC2CCN(Cc3ccc(Cl)s3)CC2)nn1. The van der Waals surface area contributed by atoms with Crippen LogP contribution >= 0.6 is 22.9 Å². The van der Waals surface area contributed by atoms with E-state index in [1.165, 1.54) is 4.88 Å². The van der Waals surface area contributed by atoms with Crippen molar-refractivity contribution in [1.82, 2.24) is 25.2 Å². The maximum absolute atomic E-state index is 10.7. The van der Waals surface area contributed by atoms with Gasteiger partial charge in [-0.3, -0.25) is 9.58 Å². The van der Waals surface area contributed by atoms with E-state index in [2.05, 4.69) is 26.6 Å². The third kappa shape index (κ3) is 4.93. The molecule has 2 amide bonds. The second-order valence-corrected chi connectivity index (χ2v) is 7.87. The first kappa shape index (κ1) is 17.2. The lowest BCUT2D eigenvalue weighted by molar-refractivity contribution is 0.165. The fourth-order valence-corrected chi connectivity index (χ4v) is 4.07. The van der Waals surface area contributed by atoms with E-state index in [1.54, 1.807) is 11.3 Å². The number of thiophene rings is 1. The molecule has 7 nitrogen and oxygen atoms in total. The van der Waals surface area contributed by atoms with E-state index in [4.69, 9.17) is 17.3 Å². The summed E-state index contributed by atoms with van der Waals surface area (Å²) in [5.41, 5.74) is 5.77. The van der Waals surface area contributed by atoms with Crippen LogP contribution in [0.3, 0.4) is 0 Å². The van der Waals surface area contributed by atoms with Crippen molar-refractivity contribution in [1.29, 1.82) is 0 Å². The minimum Gasteiger partial charge on any atom is -0.352 e. The number of nitrogens with one attached hydrogen (secondary N) is 1. The second-order valence-electron chi connectivity index (χ2n) is 6.08. The third-order valence-electron chi connectivity index (χ3n) is 4.19. The van der Waals surface area contributed by atoms with Crippen LogP contribution in [0.5, 0.6) is 0 Å². The fraction of sp³-hybridized carbons (Fsp3) is 0.533. The molecule has 0 aliphatic carbocycles. The first-order valence-electron chi connectivity index (χ1n) is 7.97. The summed E-state index contributed by atoms with van der Waals surface area (Å²) in [7, 11) is 0. The fourth-order valence-electron chi connectivity index (χ4n) is 2.94. The summed E-state index contributed by atoms with van der Waals surface area (Å²) in [6.45, 7) is 4.34. The largest absolute Gasteiger partial charge is 0.352 e. The van der Waals surface area contributed by atoms with Gasteiger partial charge in [-0.2, -0.15) is 0 Å². The highest BCUT2D eigenvalue weighted by Crippen LogP contribution is 2.25. The Balaban J connectivity index is 1.42. The Morgan fingerprint density at radius 1 is 1.42 bits per heavy atom. The monoisotopic (exact) mass is 368 g/mol. The molecule has 3 N–H and O–H groups in total. The van der Waals surface area contributed by atoms with Gasteiger partial charge in [-0.05, 0) is 44.0 Å². The Morgan fingerprint density at radius 3 is 2.88 bits per heavy atom. The van der Waals surface area contributed by atoms with Crippen LogP contribution in [0.1, 0.15) is 23.4 Å². The summed E-state index contributed by atoms with van der Waals surface area (Å²) in [6.07, 6.45) is 4.16. The maximum Gasteiger partial charge on any atom is 0.312 e. The van der Waals surface area contributed by atoms with Gasteiger partial charge in [0.15, 0.2) is 0 Å². The van der Waals surface area contributed by atoms with Gasteiger partial charge in [-0.25, -0.2) is 4.79 Å². The number of nitrogens with zero attached hydrogens (tertiary/aromatic N) is 4. The number of primary amides is 1. The lowest BCUT2D eigenvalue weighted by atomic mass is 9.97. The molecule has 0 unspecified atom stereocenters. The number of halogens is 1. The van der Waals surface area contributed by atoms with Gasteiger partial charge >= 0.3 is 6.03 Å². The van der Waals surface area contributed by atoms with Crippen LogP contribution in [0.25, 0.3) is 0 Å². The van der Waals surface area contributed by atoms with Crippen LogP contribution in [0.15, 0.2) is 18.3 Å². The van der Waals surface area contributed by atoms with Crippen molar-refractivity contribution in [3.63, 3.8) is 0 Å². The summed E-state index contributed by atoms with van der Waals surface area (Å²) in [5.74, 6) is 0.604. The van der Waals surface area contributed by atoms with Crippen molar-refractivity contribution < 1.29 is 4.79 Å². The zero-order chi connectivity index (χ0) is 16.9. The molecule has 0 radical (unpaired) electrons. The van der Waals surface area contributed by atoms with Crippen molar-refractivity contribution in [2.45, 2.75) is 32.5 Å². The van der Waals surface area contributed by atoms with Gasteiger partial charge in [0.05, 0.1) is 17.1 Å². The van der Waals surface area contributed by atoms with E-state index in [0.29, 0.717) is 12.5 Å². The molecule has 0 atom stereocenters. The molecule has 130 valence electrons. The molecule has 0 spiro atoms. The van der Waals surface area contributed by atoms with Crippen molar-refractivity contribution in [2.24, 2.45) is 11.7 Å². The quantitative estimate of drug-likeness (QED) is 0.816. The van der Waals surface area contributed by atoms with Gasteiger partial charge in [-0.1, -0.05) is 16.8 Å². The normalized spacial score (nSPS) is 16.4. The third-order valence-corrected chi connectivity index (χ3v) is 5.41. The van der Waals surface area contributed by atoms with Crippen LogP contribution in [-0.4, -0.2) is 39.0 Å². The summed E-state index contributed by atoms with van der Waals surface area (Å²) >= 11 is 7.64.